The molecule has 2 aromatic carbocycles. The van der Waals surface area contributed by atoms with Crippen LogP contribution in [0.25, 0.3) is 0 Å². The average molecular weight is 379 g/mol. The van der Waals surface area contributed by atoms with Gasteiger partial charge >= 0.3 is 11.9 Å². The predicted octanol–water partition coefficient (Wildman–Crippen LogP) is 2.86. The third-order valence-corrected chi connectivity index (χ3v) is 4.11. The number of hydrogen-bond acceptors (Lipinski definition) is 7. The summed E-state index contributed by atoms with van der Waals surface area (Å²) in [6, 6.07) is 4.71. The summed E-state index contributed by atoms with van der Waals surface area (Å²) < 4.78 is 9.10. The molecule has 0 aromatic heterocycles. The van der Waals surface area contributed by atoms with Crippen molar-refractivity contribution in [2.75, 3.05) is 14.2 Å². The SMILES string of the molecule is COC(=O)c1cc(C(=O)c2cc(Cl)c(C)cc2O)cc(C(=O)OC)c1O. The number of hydrogen-bond donors (Lipinski definition) is 2. The van der Waals surface area contributed by atoms with Crippen LogP contribution in [-0.2, 0) is 9.47 Å². The van der Waals surface area contributed by atoms with Crippen molar-refractivity contribution < 1.29 is 34.1 Å². The van der Waals surface area contributed by atoms with E-state index >= 15 is 0 Å². The molecule has 8 heteroatoms. The van der Waals surface area contributed by atoms with Crippen LogP contribution in [-0.4, -0.2) is 42.2 Å². The van der Waals surface area contributed by atoms with Crippen LogP contribution in [0.15, 0.2) is 24.3 Å². The standard InChI is InChI=1S/C18H15ClO7/c1-8-4-14(20)10(7-13(8)19)15(21)9-5-11(17(23)25-2)16(22)12(6-9)18(24)26-3/h4-7,20,22H,1-3H3. The molecule has 0 fully saturated rings. The van der Waals surface area contributed by atoms with Crippen LogP contribution in [0.1, 0.15) is 42.2 Å². The van der Waals surface area contributed by atoms with Gasteiger partial charge in [0.2, 0.25) is 0 Å². The highest BCUT2D eigenvalue weighted by Gasteiger charge is 2.25. The lowest BCUT2D eigenvalue weighted by molar-refractivity contribution is 0.0592. The van der Waals surface area contributed by atoms with Gasteiger partial charge in [-0.05, 0) is 36.8 Å². The second-order valence-electron chi connectivity index (χ2n) is 5.35. The first-order valence-corrected chi connectivity index (χ1v) is 7.66. The maximum atomic E-state index is 12.8. The van der Waals surface area contributed by atoms with Crippen LogP contribution in [0.5, 0.6) is 11.5 Å². The Balaban J connectivity index is 2.69. The molecule has 2 aromatic rings. The highest BCUT2D eigenvalue weighted by molar-refractivity contribution is 6.32. The van der Waals surface area contributed by atoms with Gasteiger partial charge in [-0.2, -0.15) is 0 Å². The number of phenolic OH excluding ortho intramolecular Hbond substituents is 2. The lowest BCUT2D eigenvalue weighted by atomic mass is 9.96. The number of esters is 2. The molecule has 136 valence electrons. The van der Waals surface area contributed by atoms with E-state index in [0.29, 0.717) is 5.56 Å². The van der Waals surface area contributed by atoms with Gasteiger partial charge < -0.3 is 19.7 Å². The minimum atomic E-state index is -0.950. The number of aryl methyl sites for hydroxylation is 1. The maximum Gasteiger partial charge on any atom is 0.341 e. The molecule has 0 unspecified atom stereocenters. The summed E-state index contributed by atoms with van der Waals surface area (Å²) in [5.74, 6) is -3.60. The fraction of sp³-hybridized carbons (Fsp3) is 0.167. The first-order chi connectivity index (χ1) is 12.2. The van der Waals surface area contributed by atoms with Gasteiger partial charge in [0, 0.05) is 10.6 Å². The summed E-state index contributed by atoms with van der Waals surface area (Å²) >= 11 is 6.00. The quantitative estimate of drug-likeness (QED) is 0.621. The number of ketones is 1. The first kappa shape index (κ1) is 19.3. The minimum absolute atomic E-state index is 0.127. The van der Waals surface area contributed by atoms with Crippen molar-refractivity contribution in [2.24, 2.45) is 0 Å². The van der Waals surface area contributed by atoms with Crippen LogP contribution in [0.4, 0.5) is 0 Å². The molecular formula is C18H15ClO7. The number of carbonyl (C=O) groups excluding carboxylic acids is 3. The van der Waals surface area contributed by atoms with E-state index in [1.54, 1.807) is 6.92 Å². The van der Waals surface area contributed by atoms with Gasteiger partial charge in [-0.3, -0.25) is 4.79 Å². The highest BCUT2D eigenvalue weighted by atomic mass is 35.5. The summed E-state index contributed by atoms with van der Waals surface area (Å²) in [4.78, 5) is 36.5. The molecule has 2 rings (SSSR count). The minimum Gasteiger partial charge on any atom is -0.507 e. The van der Waals surface area contributed by atoms with Crippen LogP contribution in [0.2, 0.25) is 5.02 Å². The summed E-state index contributed by atoms with van der Waals surface area (Å²) in [7, 11) is 2.17. The molecule has 0 atom stereocenters. The molecule has 0 radical (unpaired) electrons. The van der Waals surface area contributed by atoms with Crippen molar-refractivity contribution in [3.63, 3.8) is 0 Å². The molecule has 0 bridgehead atoms. The van der Waals surface area contributed by atoms with E-state index < -0.39 is 34.6 Å². The summed E-state index contributed by atoms with van der Waals surface area (Å²) in [5, 5.41) is 20.4. The molecule has 0 saturated carbocycles. The maximum absolute atomic E-state index is 12.8. The molecule has 7 nitrogen and oxygen atoms in total. The zero-order chi connectivity index (χ0) is 19.6. The predicted molar refractivity (Wildman–Crippen MR) is 92.1 cm³/mol. The monoisotopic (exact) mass is 378 g/mol. The molecular weight excluding hydrogens is 364 g/mol. The van der Waals surface area contributed by atoms with Crippen molar-refractivity contribution in [2.45, 2.75) is 6.92 Å². The average Bonchev–Trinajstić information content (AvgIpc) is 2.63. The number of aromatic hydroxyl groups is 2. The van der Waals surface area contributed by atoms with Crippen LogP contribution < -0.4 is 0 Å². The Labute approximate surface area is 153 Å². The van der Waals surface area contributed by atoms with E-state index in [9.17, 15) is 24.6 Å². The second kappa shape index (κ2) is 7.45. The van der Waals surface area contributed by atoms with Gasteiger partial charge in [0.15, 0.2) is 5.78 Å². The number of phenols is 2. The van der Waals surface area contributed by atoms with Gasteiger partial charge in [-0.25, -0.2) is 9.59 Å². The lowest BCUT2D eigenvalue weighted by Crippen LogP contribution is -2.12. The van der Waals surface area contributed by atoms with E-state index in [-0.39, 0.29) is 21.9 Å². The van der Waals surface area contributed by atoms with Gasteiger partial charge in [0.05, 0.1) is 19.8 Å². The third-order valence-electron chi connectivity index (χ3n) is 3.70. The number of methoxy groups -OCH3 is 2. The zero-order valence-corrected chi connectivity index (χ0v) is 14.9. The molecule has 0 aliphatic heterocycles. The number of carbonyl (C=O) groups is 3. The normalized spacial score (nSPS) is 10.3. The first-order valence-electron chi connectivity index (χ1n) is 7.28. The van der Waals surface area contributed by atoms with Gasteiger partial charge in [0.25, 0.3) is 0 Å². The van der Waals surface area contributed by atoms with Gasteiger partial charge in [-0.1, -0.05) is 11.6 Å². The zero-order valence-electron chi connectivity index (χ0n) is 14.1. The Morgan fingerprint density at radius 2 is 1.38 bits per heavy atom. The Bertz CT molecular complexity index is 881. The number of ether oxygens (including phenoxy) is 2. The van der Waals surface area contributed by atoms with Gasteiger partial charge in [0.1, 0.15) is 22.6 Å². The molecule has 0 spiro atoms. The molecule has 2 N–H and O–H groups in total. The Morgan fingerprint density at radius 1 is 0.885 bits per heavy atom. The fourth-order valence-corrected chi connectivity index (χ4v) is 2.46. The van der Waals surface area contributed by atoms with Crippen molar-refractivity contribution >= 4 is 29.3 Å². The van der Waals surface area contributed by atoms with Crippen molar-refractivity contribution in [1.82, 2.24) is 0 Å². The summed E-state index contributed by atoms with van der Waals surface area (Å²) in [6.45, 7) is 1.65. The topological polar surface area (TPSA) is 110 Å². The molecule has 26 heavy (non-hydrogen) atoms. The highest BCUT2D eigenvalue weighted by Crippen LogP contribution is 2.31. The van der Waals surface area contributed by atoms with E-state index in [2.05, 4.69) is 9.47 Å². The summed E-state index contributed by atoms with van der Waals surface area (Å²) in [6.07, 6.45) is 0. The lowest BCUT2D eigenvalue weighted by Gasteiger charge is -2.11. The smallest absolute Gasteiger partial charge is 0.341 e. The van der Waals surface area contributed by atoms with Crippen molar-refractivity contribution in [3.8, 4) is 11.5 Å². The number of benzene rings is 2. The van der Waals surface area contributed by atoms with E-state index in [1.807, 2.05) is 0 Å². The molecule has 0 aliphatic carbocycles. The van der Waals surface area contributed by atoms with E-state index in [0.717, 1.165) is 26.4 Å². The molecule has 0 saturated heterocycles. The van der Waals surface area contributed by atoms with Crippen molar-refractivity contribution in [3.05, 3.63) is 57.1 Å². The molecule has 0 amide bonds. The third kappa shape index (κ3) is 3.48. The van der Waals surface area contributed by atoms with Crippen molar-refractivity contribution in [1.29, 1.82) is 0 Å². The Kier molecular flexibility index (Phi) is 5.52. The Morgan fingerprint density at radius 3 is 1.85 bits per heavy atom. The van der Waals surface area contributed by atoms with Crippen LogP contribution in [0, 0.1) is 6.92 Å². The van der Waals surface area contributed by atoms with E-state index in [1.165, 1.54) is 12.1 Å². The summed E-state index contributed by atoms with van der Waals surface area (Å²) in [5.41, 5.74) is -0.485. The van der Waals surface area contributed by atoms with Gasteiger partial charge in [-0.15, -0.1) is 0 Å². The van der Waals surface area contributed by atoms with Crippen LogP contribution in [0.3, 0.4) is 0 Å². The molecule has 0 aliphatic rings. The van der Waals surface area contributed by atoms with Crippen LogP contribution >= 0.6 is 11.6 Å². The number of rotatable bonds is 4. The largest absolute Gasteiger partial charge is 0.507 e. The fourth-order valence-electron chi connectivity index (χ4n) is 2.30. The Hall–Kier alpha value is -3.06. The number of halogens is 1. The molecule has 0 heterocycles. The second-order valence-corrected chi connectivity index (χ2v) is 5.76. The van der Waals surface area contributed by atoms with E-state index in [4.69, 9.17) is 11.6 Å².